The lowest BCUT2D eigenvalue weighted by molar-refractivity contribution is 0.103. The number of aromatic nitrogens is 3. The van der Waals surface area contributed by atoms with Crippen molar-refractivity contribution in [2.75, 3.05) is 5.32 Å². The molecule has 0 atom stereocenters. The van der Waals surface area contributed by atoms with Gasteiger partial charge in [0.2, 0.25) is 5.13 Å². The topological polar surface area (TPSA) is 59.8 Å². The highest BCUT2D eigenvalue weighted by atomic mass is 35.5. The van der Waals surface area contributed by atoms with E-state index in [0.717, 1.165) is 17.8 Å². The number of hydrogen-bond donors (Lipinski definition) is 1. The van der Waals surface area contributed by atoms with Crippen LogP contribution in [0.5, 0.6) is 0 Å². The molecule has 4 rings (SSSR count). The van der Waals surface area contributed by atoms with Crippen LogP contribution in [-0.4, -0.2) is 20.7 Å². The van der Waals surface area contributed by atoms with E-state index in [4.69, 9.17) is 16.7 Å². The summed E-state index contributed by atoms with van der Waals surface area (Å²) in [6, 6.07) is 17.4. The van der Waals surface area contributed by atoms with Gasteiger partial charge in [-0.1, -0.05) is 59.3 Å². The van der Waals surface area contributed by atoms with Crippen LogP contribution in [0.15, 0.2) is 54.6 Å². The van der Waals surface area contributed by atoms with Crippen molar-refractivity contribution in [3.05, 3.63) is 92.7 Å². The molecule has 4 aromatic rings. The lowest BCUT2D eigenvalue weighted by Gasteiger charge is -2.04. The maximum atomic E-state index is 12.8. The fourth-order valence-corrected chi connectivity index (χ4v) is 4.51. The number of thiazole rings is 1. The molecule has 1 amide bonds. The number of nitrogens with zero attached hydrogens (tertiary/aromatic N) is 3. The van der Waals surface area contributed by atoms with Gasteiger partial charge < -0.3 is 5.32 Å². The Morgan fingerprint density at radius 1 is 1.07 bits per heavy atom. The van der Waals surface area contributed by atoms with Crippen LogP contribution in [0.25, 0.3) is 5.13 Å². The first-order chi connectivity index (χ1) is 14.4. The van der Waals surface area contributed by atoms with Crippen molar-refractivity contribution in [2.45, 2.75) is 27.2 Å². The lowest BCUT2D eigenvalue weighted by Crippen LogP contribution is -2.11. The first-order valence-electron chi connectivity index (χ1n) is 9.56. The Kier molecular flexibility index (Phi) is 5.70. The molecule has 0 saturated heterocycles. The number of halogens is 1. The standard InChI is InChI=1S/C23H21ClN4OS/c1-14-20(12-17-8-5-4-6-9-17)16(3)28(27-14)23-25-15(2)21(30-23)22(29)26-19-11-7-10-18(24)13-19/h4-11,13H,12H2,1-3H3,(H,26,29). The molecule has 152 valence electrons. The Labute approximate surface area is 184 Å². The summed E-state index contributed by atoms with van der Waals surface area (Å²) < 4.78 is 1.83. The number of amides is 1. The van der Waals surface area contributed by atoms with Crippen LogP contribution < -0.4 is 5.32 Å². The molecule has 0 unspecified atom stereocenters. The molecule has 2 aromatic carbocycles. The van der Waals surface area contributed by atoms with Crippen molar-refractivity contribution in [3.63, 3.8) is 0 Å². The first kappa shape index (κ1) is 20.3. The SMILES string of the molecule is Cc1nc(-n2nc(C)c(Cc3ccccc3)c2C)sc1C(=O)Nc1cccc(Cl)c1. The van der Waals surface area contributed by atoms with E-state index in [1.54, 1.807) is 24.3 Å². The molecule has 0 spiro atoms. The monoisotopic (exact) mass is 436 g/mol. The van der Waals surface area contributed by atoms with Crippen LogP contribution in [0, 0.1) is 20.8 Å². The van der Waals surface area contributed by atoms with Gasteiger partial charge in [0.1, 0.15) is 4.88 Å². The summed E-state index contributed by atoms with van der Waals surface area (Å²) in [5, 5.41) is 8.84. The number of anilines is 1. The van der Waals surface area contributed by atoms with Crippen molar-refractivity contribution in [1.82, 2.24) is 14.8 Å². The zero-order valence-corrected chi connectivity index (χ0v) is 18.5. The zero-order valence-electron chi connectivity index (χ0n) is 16.9. The fourth-order valence-electron chi connectivity index (χ4n) is 3.35. The van der Waals surface area contributed by atoms with Gasteiger partial charge >= 0.3 is 0 Å². The molecule has 2 aromatic heterocycles. The summed E-state index contributed by atoms with van der Waals surface area (Å²) in [7, 11) is 0. The minimum Gasteiger partial charge on any atom is -0.321 e. The second-order valence-corrected chi connectivity index (χ2v) is 8.51. The van der Waals surface area contributed by atoms with Gasteiger partial charge in [-0.15, -0.1) is 0 Å². The van der Waals surface area contributed by atoms with Crippen molar-refractivity contribution < 1.29 is 4.79 Å². The molecule has 5 nitrogen and oxygen atoms in total. The molecule has 0 aliphatic carbocycles. The number of nitrogens with one attached hydrogen (secondary N) is 1. The van der Waals surface area contributed by atoms with E-state index in [0.29, 0.717) is 26.4 Å². The molecule has 0 fully saturated rings. The maximum Gasteiger partial charge on any atom is 0.267 e. The summed E-state index contributed by atoms with van der Waals surface area (Å²) in [5.74, 6) is -0.204. The first-order valence-corrected chi connectivity index (χ1v) is 10.8. The van der Waals surface area contributed by atoms with Gasteiger partial charge in [0.25, 0.3) is 5.91 Å². The van der Waals surface area contributed by atoms with Crippen LogP contribution in [0.4, 0.5) is 5.69 Å². The Morgan fingerprint density at radius 3 is 2.57 bits per heavy atom. The molecule has 30 heavy (non-hydrogen) atoms. The third-order valence-corrected chi connectivity index (χ3v) is 6.29. The number of benzene rings is 2. The van der Waals surface area contributed by atoms with Gasteiger partial charge in [-0.05, 0) is 44.5 Å². The van der Waals surface area contributed by atoms with Gasteiger partial charge in [0.05, 0.1) is 11.4 Å². The quantitative estimate of drug-likeness (QED) is 0.433. The highest BCUT2D eigenvalue weighted by molar-refractivity contribution is 7.16. The molecule has 1 N–H and O–H groups in total. The highest BCUT2D eigenvalue weighted by Crippen LogP contribution is 2.27. The van der Waals surface area contributed by atoms with E-state index in [2.05, 4.69) is 22.4 Å². The van der Waals surface area contributed by atoms with Crippen molar-refractivity contribution in [1.29, 1.82) is 0 Å². The molecule has 7 heteroatoms. The zero-order chi connectivity index (χ0) is 21.3. The van der Waals surface area contributed by atoms with Crippen LogP contribution in [0.1, 0.15) is 37.9 Å². The van der Waals surface area contributed by atoms with Gasteiger partial charge in [-0.25, -0.2) is 9.67 Å². The second-order valence-electron chi connectivity index (χ2n) is 7.10. The average molecular weight is 437 g/mol. The van der Waals surface area contributed by atoms with Crippen molar-refractivity contribution in [3.8, 4) is 5.13 Å². The third-order valence-electron chi connectivity index (χ3n) is 4.92. The minimum atomic E-state index is -0.204. The van der Waals surface area contributed by atoms with E-state index in [1.165, 1.54) is 22.5 Å². The van der Waals surface area contributed by atoms with Gasteiger partial charge in [-0.2, -0.15) is 5.10 Å². The summed E-state index contributed by atoms with van der Waals surface area (Å²) in [5.41, 5.74) is 5.74. The number of aryl methyl sites for hydroxylation is 2. The predicted octanol–water partition coefficient (Wildman–Crippen LogP) is 5.75. The largest absolute Gasteiger partial charge is 0.321 e. The third kappa shape index (κ3) is 4.15. The normalized spacial score (nSPS) is 10.9. The molecule has 2 heterocycles. The Balaban J connectivity index is 1.61. The second kappa shape index (κ2) is 8.42. The molecule has 0 aliphatic heterocycles. The molecule has 0 aliphatic rings. The molecule has 0 saturated carbocycles. The van der Waals surface area contributed by atoms with Crippen LogP contribution in [0.3, 0.4) is 0 Å². The van der Waals surface area contributed by atoms with Gasteiger partial charge in [0, 0.05) is 28.4 Å². The average Bonchev–Trinajstić information content (AvgIpc) is 3.23. The number of carbonyl (C=O) groups excluding carboxylic acids is 1. The molecule has 0 radical (unpaired) electrons. The van der Waals surface area contributed by atoms with E-state index in [1.807, 2.05) is 43.7 Å². The van der Waals surface area contributed by atoms with Gasteiger partial charge in [-0.3, -0.25) is 4.79 Å². The minimum absolute atomic E-state index is 0.204. The van der Waals surface area contributed by atoms with Crippen molar-refractivity contribution >= 4 is 34.5 Å². The number of rotatable bonds is 5. The van der Waals surface area contributed by atoms with E-state index in [-0.39, 0.29) is 5.91 Å². The molecular formula is C23H21ClN4OS. The predicted molar refractivity (Wildman–Crippen MR) is 122 cm³/mol. The fraction of sp³-hybridized carbons (Fsp3) is 0.174. The molecular weight excluding hydrogens is 416 g/mol. The summed E-state index contributed by atoms with van der Waals surface area (Å²) >= 11 is 7.34. The smallest absolute Gasteiger partial charge is 0.267 e. The summed E-state index contributed by atoms with van der Waals surface area (Å²) in [4.78, 5) is 17.9. The Bertz CT molecular complexity index is 1210. The number of carbonyl (C=O) groups is 1. The van der Waals surface area contributed by atoms with E-state index < -0.39 is 0 Å². The Hall–Kier alpha value is -2.96. The Morgan fingerprint density at radius 2 is 1.83 bits per heavy atom. The highest BCUT2D eigenvalue weighted by Gasteiger charge is 2.20. The summed E-state index contributed by atoms with van der Waals surface area (Å²) in [6.07, 6.45) is 0.810. The van der Waals surface area contributed by atoms with Crippen LogP contribution in [0.2, 0.25) is 5.02 Å². The van der Waals surface area contributed by atoms with Crippen LogP contribution >= 0.6 is 22.9 Å². The molecule has 0 bridgehead atoms. The van der Waals surface area contributed by atoms with E-state index >= 15 is 0 Å². The maximum absolute atomic E-state index is 12.8. The van der Waals surface area contributed by atoms with Crippen molar-refractivity contribution in [2.24, 2.45) is 0 Å². The number of hydrogen-bond acceptors (Lipinski definition) is 4. The van der Waals surface area contributed by atoms with Crippen LogP contribution in [-0.2, 0) is 6.42 Å². The van der Waals surface area contributed by atoms with E-state index in [9.17, 15) is 4.79 Å². The summed E-state index contributed by atoms with van der Waals surface area (Å²) in [6.45, 7) is 5.89. The van der Waals surface area contributed by atoms with Gasteiger partial charge in [0.15, 0.2) is 0 Å². The lowest BCUT2D eigenvalue weighted by atomic mass is 10.0.